The zero-order valence-electron chi connectivity index (χ0n) is 15.9. The van der Waals surface area contributed by atoms with Gasteiger partial charge in [0.2, 0.25) is 0 Å². The quantitative estimate of drug-likeness (QED) is 0.400. The minimum atomic E-state index is -4.11. The van der Waals surface area contributed by atoms with Crippen LogP contribution in [0.25, 0.3) is 0 Å². The van der Waals surface area contributed by atoms with E-state index in [2.05, 4.69) is 10.5 Å². The SMILES string of the molecule is O=C(CN(c1ccccc1Cl)S(=O)(=O)c1ccccc1)N/N=C\c1c(F)cccc1Cl. The lowest BCUT2D eigenvalue weighted by molar-refractivity contribution is -0.119. The molecule has 0 saturated carbocycles. The molecule has 0 unspecified atom stereocenters. The zero-order valence-corrected chi connectivity index (χ0v) is 18.2. The molecule has 0 saturated heterocycles. The minimum absolute atomic E-state index is 0.00985. The van der Waals surface area contributed by atoms with E-state index >= 15 is 0 Å². The summed E-state index contributed by atoms with van der Waals surface area (Å²) in [6.45, 7) is -0.608. The number of para-hydroxylation sites is 1. The number of hydrogen-bond donors (Lipinski definition) is 1. The topological polar surface area (TPSA) is 78.8 Å². The predicted molar refractivity (Wildman–Crippen MR) is 120 cm³/mol. The van der Waals surface area contributed by atoms with Crippen molar-refractivity contribution in [3.8, 4) is 0 Å². The fourth-order valence-corrected chi connectivity index (χ4v) is 4.60. The smallest absolute Gasteiger partial charge is 0.264 e. The van der Waals surface area contributed by atoms with Crippen LogP contribution in [0, 0.1) is 5.82 Å². The van der Waals surface area contributed by atoms with Crippen molar-refractivity contribution >= 4 is 51.0 Å². The van der Waals surface area contributed by atoms with Gasteiger partial charge in [0.1, 0.15) is 12.4 Å². The van der Waals surface area contributed by atoms with E-state index in [4.69, 9.17) is 23.2 Å². The first kappa shape index (κ1) is 22.7. The van der Waals surface area contributed by atoms with Gasteiger partial charge in [-0.15, -0.1) is 0 Å². The van der Waals surface area contributed by atoms with Gasteiger partial charge < -0.3 is 0 Å². The maximum atomic E-state index is 13.8. The van der Waals surface area contributed by atoms with Crippen LogP contribution in [0.2, 0.25) is 10.0 Å². The summed E-state index contributed by atoms with van der Waals surface area (Å²) in [4.78, 5) is 12.5. The normalized spacial score (nSPS) is 11.5. The molecule has 0 aromatic heterocycles. The number of hydrogen-bond acceptors (Lipinski definition) is 4. The summed E-state index contributed by atoms with van der Waals surface area (Å²) in [7, 11) is -4.11. The Labute approximate surface area is 189 Å². The van der Waals surface area contributed by atoms with Crippen LogP contribution >= 0.6 is 23.2 Å². The first-order valence-corrected chi connectivity index (χ1v) is 11.1. The lowest BCUT2D eigenvalue weighted by atomic mass is 10.2. The molecule has 0 atom stereocenters. The number of amides is 1. The van der Waals surface area contributed by atoms with Gasteiger partial charge in [-0.1, -0.05) is 59.6 Å². The number of rotatable bonds is 7. The van der Waals surface area contributed by atoms with Gasteiger partial charge in [0, 0.05) is 5.56 Å². The van der Waals surface area contributed by atoms with Crippen LogP contribution in [0.4, 0.5) is 10.1 Å². The summed E-state index contributed by atoms with van der Waals surface area (Å²) in [5, 5.41) is 3.95. The Morgan fingerprint density at radius 3 is 2.29 bits per heavy atom. The van der Waals surface area contributed by atoms with Gasteiger partial charge in [0.25, 0.3) is 15.9 Å². The molecule has 3 rings (SSSR count). The second-order valence-corrected chi connectivity index (χ2v) is 8.88. The second kappa shape index (κ2) is 9.91. The molecule has 0 heterocycles. The molecule has 31 heavy (non-hydrogen) atoms. The van der Waals surface area contributed by atoms with Crippen LogP contribution < -0.4 is 9.73 Å². The summed E-state index contributed by atoms with van der Waals surface area (Å²) >= 11 is 12.1. The van der Waals surface area contributed by atoms with E-state index in [9.17, 15) is 17.6 Å². The predicted octanol–water partition coefficient (Wildman–Crippen LogP) is 4.48. The Balaban J connectivity index is 1.86. The van der Waals surface area contributed by atoms with Gasteiger partial charge in [-0.3, -0.25) is 9.10 Å². The fraction of sp³-hybridized carbons (Fsp3) is 0.0476. The highest BCUT2D eigenvalue weighted by Crippen LogP contribution is 2.30. The molecule has 1 amide bonds. The first-order valence-electron chi connectivity index (χ1n) is 8.89. The van der Waals surface area contributed by atoms with Crippen molar-refractivity contribution in [3.63, 3.8) is 0 Å². The molecular formula is C21H16Cl2FN3O3S. The number of halogens is 3. The third-order valence-corrected chi connectivity index (χ3v) is 6.55. The summed E-state index contributed by atoms with van der Waals surface area (Å²) in [5.74, 6) is -1.38. The summed E-state index contributed by atoms with van der Waals surface area (Å²) in [6, 6.07) is 18.0. The van der Waals surface area contributed by atoms with Gasteiger partial charge in [-0.05, 0) is 36.4 Å². The van der Waals surface area contributed by atoms with Crippen LogP contribution in [0.3, 0.4) is 0 Å². The molecule has 6 nitrogen and oxygen atoms in total. The largest absolute Gasteiger partial charge is 0.271 e. The lowest BCUT2D eigenvalue weighted by Crippen LogP contribution is -2.39. The third-order valence-electron chi connectivity index (χ3n) is 4.12. The molecule has 1 N–H and O–H groups in total. The molecule has 0 aliphatic heterocycles. The molecule has 0 spiro atoms. The van der Waals surface area contributed by atoms with Crippen LogP contribution in [-0.4, -0.2) is 27.1 Å². The summed E-state index contributed by atoms with van der Waals surface area (Å²) in [6.07, 6.45) is 1.04. The zero-order chi connectivity index (χ0) is 22.4. The van der Waals surface area contributed by atoms with Gasteiger partial charge in [0.15, 0.2) is 0 Å². The highest BCUT2D eigenvalue weighted by atomic mass is 35.5. The molecule has 0 aliphatic rings. The maximum Gasteiger partial charge on any atom is 0.264 e. The number of sulfonamides is 1. The van der Waals surface area contributed by atoms with E-state index in [-0.39, 0.29) is 26.2 Å². The van der Waals surface area contributed by atoms with Crippen molar-refractivity contribution in [1.29, 1.82) is 0 Å². The minimum Gasteiger partial charge on any atom is -0.271 e. The van der Waals surface area contributed by atoms with Crippen molar-refractivity contribution in [1.82, 2.24) is 5.43 Å². The monoisotopic (exact) mass is 479 g/mol. The summed E-state index contributed by atoms with van der Waals surface area (Å²) < 4.78 is 41.1. The van der Waals surface area contributed by atoms with Crippen molar-refractivity contribution in [3.05, 3.63) is 94.2 Å². The number of nitrogens with zero attached hydrogens (tertiary/aromatic N) is 2. The standard InChI is InChI=1S/C21H16Cl2FN3O3S/c22-17-10-6-11-19(24)16(17)13-25-26-21(28)14-27(20-12-5-4-9-18(20)23)31(29,30)15-7-2-1-3-8-15/h1-13H,14H2,(H,26,28)/b25-13-. The van der Waals surface area contributed by atoms with Gasteiger partial charge in [-0.2, -0.15) is 5.10 Å². The average molecular weight is 480 g/mol. The number of benzene rings is 3. The van der Waals surface area contributed by atoms with Crippen LogP contribution in [0.1, 0.15) is 5.56 Å². The second-order valence-electron chi connectivity index (χ2n) is 6.20. The van der Waals surface area contributed by atoms with Crippen LogP contribution in [-0.2, 0) is 14.8 Å². The molecule has 10 heteroatoms. The Morgan fingerprint density at radius 1 is 0.968 bits per heavy atom. The van der Waals surface area contributed by atoms with Crippen molar-refractivity contribution in [2.45, 2.75) is 4.90 Å². The van der Waals surface area contributed by atoms with Crippen LogP contribution in [0.15, 0.2) is 82.8 Å². The van der Waals surface area contributed by atoms with E-state index in [1.165, 1.54) is 42.5 Å². The molecule has 0 bridgehead atoms. The number of anilines is 1. The molecule has 0 fully saturated rings. The molecule has 160 valence electrons. The Bertz CT molecular complexity index is 1200. The first-order chi connectivity index (χ1) is 14.8. The molecule has 3 aromatic rings. The Hall–Kier alpha value is -2.94. The van der Waals surface area contributed by atoms with Crippen molar-refractivity contribution in [2.75, 3.05) is 10.8 Å². The van der Waals surface area contributed by atoms with Crippen molar-refractivity contribution < 1.29 is 17.6 Å². The molecular weight excluding hydrogens is 464 g/mol. The Kier molecular flexibility index (Phi) is 7.27. The average Bonchev–Trinajstić information content (AvgIpc) is 2.75. The van der Waals surface area contributed by atoms with Crippen LogP contribution in [0.5, 0.6) is 0 Å². The van der Waals surface area contributed by atoms with Gasteiger partial charge in [-0.25, -0.2) is 18.2 Å². The van der Waals surface area contributed by atoms with E-state index < -0.39 is 28.3 Å². The highest BCUT2D eigenvalue weighted by molar-refractivity contribution is 7.92. The molecule has 0 radical (unpaired) electrons. The van der Waals surface area contributed by atoms with E-state index in [0.29, 0.717) is 0 Å². The number of nitrogens with one attached hydrogen (secondary N) is 1. The Morgan fingerprint density at radius 2 is 1.61 bits per heavy atom. The fourth-order valence-electron chi connectivity index (χ4n) is 2.64. The van der Waals surface area contributed by atoms with Gasteiger partial charge in [0.05, 0.1) is 26.8 Å². The lowest BCUT2D eigenvalue weighted by Gasteiger charge is -2.24. The third kappa shape index (κ3) is 5.41. The van der Waals surface area contributed by atoms with E-state index in [1.807, 2.05) is 0 Å². The van der Waals surface area contributed by atoms with E-state index in [0.717, 1.165) is 10.5 Å². The molecule has 0 aliphatic carbocycles. The number of hydrazone groups is 1. The summed E-state index contributed by atoms with van der Waals surface area (Å²) in [5.41, 5.74) is 2.30. The van der Waals surface area contributed by atoms with Gasteiger partial charge >= 0.3 is 0 Å². The van der Waals surface area contributed by atoms with E-state index in [1.54, 1.807) is 30.3 Å². The number of carbonyl (C=O) groups is 1. The molecule has 3 aromatic carbocycles. The number of carbonyl (C=O) groups excluding carboxylic acids is 1. The van der Waals surface area contributed by atoms with Crippen molar-refractivity contribution in [2.24, 2.45) is 5.10 Å². The maximum absolute atomic E-state index is 13.8. The highest BCUT2D eigenvalue weighted by Gasteiger charge is 2.28.